The smallest absolute Gasteiger partial charge is 0.123 e. The van der Waals surface area contributed by atoms with Crippen LogP contribution in [0.5, 0.6) is 5.75 Å². The number of rotatable bonds is 5. The van der Waals surface area contributed by atoms with E-state index in [9.17, 15) is 0 Å². The summed E-state index contributed by atoms with van der Waals surface area (Å²) in [7, 11) is -1.01. The van der Waals surface area contributed by atoms with Crippen LogP contribution in [-0.2, 0) is 0 Å². The van der Waals surface area contributed by atoms with E-state index in [1.807, 2.05) is 0 Å². The summed E-state index contributed by atoms with van der Waals surface area (Å²) < 4.78 is 5.99. The van der Waals surface area contributed by atoms with Crippen molar-refractivity contribution < 1.29 is 4.74 Å². The van der Waals surface area contributed by atoms with Crippen LogP contribution in [0.4, 0.5) is 0 Å². The second-order valence-electron chi connectivity index (χ2n) is 5.99. The monoisotopic (exact) mass is 258 g/mol. The van der Waals surface area contributed by atoms with Crippen molar-refractivity contribution in [2.24, 2.45) is 0 Å². The van der Waals surface area contributed by atoms with E-state index < -0.39 is 8.07 Å². The maximum atomic E-state index is 5.99. The second-order valence-corrected chi connectivity index (χ2v) is 11.6. The van der Waals surface area contributed by atoms with E-state index in [-0.39, 0.29) is 0 Å². The Kier molecular flexibility index (Phi) is 4.07. The van der Waals surface area contributed by atoms with Crippen LogP contribution in [0.15, 0.2) is 48.6 Å². The zero-order valence-electron chi connectivity index (χ0n) is 11.5. The molecule has 0 bridgehead atoms. The van der Waals surface area contributed by atoms with Crippen molar-refractivity contribution in [2.45, 2.75) is 31.6 Å². The van der Waals surface area contributed by atoms with Crippen LogP contribution in [0.1, 0.15) is 11.5 Å². The zero-order valence-corrected chi connectivity index (χ0v) is 12.5. The zero-order chi connectivity index (χ0) is 13.0. The molecule has 0 amide bonds. The van der Waals surface area contributed by atoms with E-state index >= 15 is 0 Å². The Morgan fingerprint density at radius 1 is 1.06 bits per heavy atom. The van der Waals surface area contributed by atoms with Gasteiger partial charge in [-0.25, -0.2) is 0 Å². The molecule has 0 radical (unpaired) electrons. The van der Waals surface area contributed by atoms with Gasteiger partial charge in [-0.1, -0.05) is 62.1 Å². The molecule has 0 aliphatic heterocycles. The molecule has 0 saturated heterocycles. The van der Waals surface area contributed by atoms with Gasteiger partial charge in [-0.15, -0.1) is 0 Å². The van der Waals surface area contributed by atoms with Gasteiger partial charge in [0.1, 0.15) is 5.75 Å². The van der Waals surface area contributed by atoms with E-state index in [1.54, 1.807) is 0 Å². The van der Waals surface area contributed by atoms with Gasteiger partial charge in [0.15, 0.2) is 0 Å². The third-order valence-corrected chi connectivity index (χ3v) is 4.84. The Hall–Kier alpha value is -1.28. The number of ether oxygens (including phenoxy) is 1. The summed E-state index contributed by atoms with van der Waals surface area (Å²) in [4.78, 5) is 0. The lowest BCUT2D eigenvalue weighted by Gasteiger charge is -2.18. The van der Waals surface area contributed by atoms with Crippen molar-refractivity contribution in [1.82, 2.24) is 0 Å². The molecule has 0 N–H and O–H groups in total. The molecule has 0 spiro atoms. The first-order chi connectivity index (χ1) is 8.56. The Morgan fingerprint density at radius 3 is 2.39 bits per heavy atom. The van der Waals surface area contributed by atoms with Gasteiger partial charge in [-0.05, 0) is 12.1 Å². The predicted molar refractivity (Wildman–Crippen MR) is 81.1 cm³/mol. The Labute approximate surface area is 111 Å². The van der Waals surface area contributed by atoms with Crippen LogP contribution < -0.4 is 4.74 Å². The molecule has 1 aromatic rings. The highest BCUT2D eigenvalue weighted by Crippen LogP contribution is 2.31. The highest BCUT2D eigenvalue weighted by atomic mass is 28.3. The Balaban J connectivity index is 2.04. The van der Waals surface area contributed by atoms with Gasteiger partial charge in [0.05, 0.1) is 6.61 Å². The fourth-order valence-corrected chi connectivity index (χ4v) is 2.71. The van der Waals surface area contributed by atoms with Crippen LogP contribution >= 0.6 is 0 Å². The first-order valence-corrected chi connectivity index (χ1v) is 10.3. The summed E-state index contributed by atoms with van der Waals surface area (Å²) in [5.74, 6) is 1.42. The molecule has 1 aliphatic carbocycles. The lowest BCUT2D eigenvalue weighted by atomic mass is 10.00. The number of benzene rings is 1. The number of para-hydroxylation sites is 1. The minimum atomic E-state index is -1.01. The first kappa shape index (κ1) is 13.2. The maximum Gasteiger partial charge on any atom is 0.123 e. The summed E-state index contributed by atoms with van der Waals surface area (Å²) in [6, 6.07) is 9.59. The molecule has 96 valence electrons. The molecule has 1 aromatic carbocycles. The van der Waals surface area contributed by atoms with Crippen LogP contribution in [0.3, 0.4) is 0 Å². The molecule has 2 rings (SSSR count). The average molecular weight is 258 g/mol. The van der Waals surface area contributed by atoms with E-state index in [0.29, 0.717) is 5.92 Å². The highest BCUT2D eigenvalue weighted by Gasteiger charge is 2.15. The minimum absolute atomic E-state index is 0.382. The fourth-order valence-electron chi connectivity index (χ4n) is 1.99. The summed E-state index contributed by atoms with van der Waals surface area (Å²) in [5.41, 5.74) is 1.28. The van der Waals surface area contributed by atoms with Gasteiger partial charge < -0.3 is 4.74 Å². The second kappa shape index (κ2) is 5.57. The highest BCUT2D eigenvalue weighted by molar-refractivity contribution is 6.76. The summed E-state index contributed by atoms with van der Waals surface area (Å²) >= 11 is 0. The molecular formula is C16H22OSi. The molecule has 1 aliphatic rings. The largest absolute Gasteiger partial charge is 0.494 e. The number of allylic oxidation sites excluding steroid dienone is 4. The third kappa shape index (κ3) is 3.60. The molecule has 0 aromatic heterocycles. The SMILES string of the molecule is C[Si](C)(C)CCOc1ccccc1C1C=CC=C1. The van der Waals surface area contributed by atoms with Crippen molar-refractivity contribution in [2.75, 3.05) is 6.61 Å². The van der Waals surface area contributed by atoms with E-state index in [1.165, 1.54) is 11.6 Å². The Bertz CT molecular complexity index is 442. The summed E-state index contributed by atoms with van der Waals surface area (Å²) in [6.07, 6.45) is 8.62. The maximum absolute atomic E-state index is 5.99. The van der Waals surface area contributed by atoms with Gasteiger partial charge in [-0.2, -0.15) is 0 Å². The van der Waals surface area contributed by atoms with Gasteiger partial charge in [0, 0.05) is 19.6 Å². The molecule has 0 atom stereocenters. The fraction of sp³-hybridized carbons (Fsp3) is 0.375. The van der Waals surface area contributed by atoms with E-state index in [0.717, 1.165) is 12.4 Å². The molecule has 0 heterocycles. The number of hydrogen-bond acceptors (Lipinski definition) is 1. The van der Waals surface area contributed by atoms with Crippen LogP contribution in [0.25, 0.3) is 0 Å². The van der Waals surface area contributed by atoms with Crippen LogP contribution in [-0.4, -0.2) is 14.7 Å². The predicted octanol–water partition coefficient (Wildman–Crippen LogP) is 4.61. The van der Waals surface area contributed by atoms with Gasteiger partial charge in [0.2, 0.25) is 0 Å². The minimum Gasteiger partial charge on any atom is -0.494 e. The van der Waals surface area contributed by atoms with Gasteiger partial charge in [-0.3, -0.25) is 0 Å². The quantitative estimate of drug-likeness (QED) is 0.701. The van der Waals surface area contributed by atoms with E-state index in [2.05, 4.69) is 68.2 Å². The third-order valence-electron chi connectivity index (χ3n) is 3.14. The van der Waals surface area contributed by atoms with Crippen molar-refractivity contribution >= 4 is 8.07 Å². The van der Waals surface area contributed by atoms with Crippen molar-refractivity contribution in [3.05, 3.63) is 54.1 Å². The molecule has 0 saturated carbocycles. The topological polar surface area (TPSA) is 9.23 Å². The van der Waals surface area contributed by atoms with Crippen molar-refractivity contribution in [1.29, 1.82) is 0 Å². The molecule has 0 fully saturated rings. The van der Waals surface area contributed by atoms with E-state index in [4.69, 9.17) is 4.74 Å². The molecule has 2 heteroatoms. The summed E-state index contributed by atoms with van der Waals surface area (Å²) in [6.45, 7) is 7.98. The summed E-state index contributed by atoms with van der Waals surface area (Å²) in [5, 5.41) is 0. The van der Waals surface area contributed by atoms with Crippen molar-refractivity contribution in [3.63, 3.8) is 0 Å². The lowest BCUT2D eigenvalue weighted by molar-refractivity contribution is 0.334. The lowest BCUT2D eigenvalue weighted by Crippen LogP contribution is -2.22. The van der Waals surface area contributed by atoms with Crippen LogP contribution in [0.2, 0.25) is 25.7 Å². The number of hydrogen-bond donors (Lipinski definition) is 0. The van der Waals surface area contributed by atoms with Crippen molar-refractivity contribution in [3.8, 4) is 5.75 Å². The Morgan fingerprint density at radius 2 is 1.72 bits per heavy atom. The normalized spacial score (nSPS) is 15.3. The van der Waals surface area contributed by atoms with Crippen LogP contribution in [0, 0.1) is 0 Å². The van der Waals surface area contributed by atoms with Gasteiger partial charge in [0.25, 0.3) is 0 Å². The molecule has 0 unspecified atom stereocenters. The average Bonchev–Trinajstić information content (AvgIpc) is 2.81. The molecule has 18 heavy (non-hydrogen) atoms. The molecular weight excluding hydrogens is 236 g/mol. The molecule has 1 nitrogen and oxygen atoms in total. The van der Waals surface area contributed by atoms with Gasteiger partial charge >= 0.3 is 0 Å². The standard InChI is InChI=1S/C16H22OSi/c1-18(2,3)13-12-17-16-11-7-6-10-15(16)14-8-4-5-9-14/h4-11,14H,12-13H2,1-3H3. The first-order valence-electron chi connectivity index (χ1n) is 6.63.